The summed E-state index contributed by atoms with van der Waals surface area (Å²) in [7, 11) is 11.3. The molecule has 136 heavy (non-hydrogen) atoms. The SMILES string of the molecule is CCCOc1cc2c(cc1CO)C(=O)N1CCC[C@H]1C=N2.CCOc1cc2c(cc1CO)C(=O)N1CCC[C@H]1C=N2.CCOc1ccc(/C=C/C(=O)N2CCN(C)CC2)cc1OC.COc1cc(/C=C/C(=O)N2CCOCC2)ccc1OCCOc1cc2c(cc1CO)C(=O)N1CCC[C@H]1C=N2.COc1ccc(/C=C/C(=O)N2CCN(C(=O)c3cc(CO)c(OC)c(OC)c3)CC2)cc1OC. The first-order chi connectivity index (χ1) is 66.1. The van der Waals surface area contributed by atoms with Crippen molar-refractivity contribution in [2.24, 2.45) is 15.0 Å². The van der Waals surface area contributed by atoms with E-state index in [-0.39, 0.29) is 99.1 Å². The first kappa shape index (κ1) is 102. The highest BCUT2D eigenvalue weighted by molar-refractivity contribution is 6.06. The highest BCUT2D eigenvalue weighted by Crippen LogP contribution is 2.41. The Balaban J connectivity index is 0.000000157. The van der Waals surface area contributed by atoms with Gasteiger partial charge in [-0.2, -0.15) is 0 Å². The van der Waals surface area contributed by atoms with Gasteiger partial charge in [-0.1, -0.05) is 25.1 Å². The predicted molar refractivity (Wildman–Crippen MR) is 515 cm³/mol. The number of nitrogens with zero attached hydrogens (tertiary/aromatic N) is 11. The number of morpholine rings is 1. The van der Waals surface area contributed by atoms with Crippen molar-refractivity contribution in [3.63, 3.8) is 0 Å². The number of aliphatic hydroxyl groups excluding tert-OH is 4. The number of piperazine rings is 2. The van der Waals surface area contributed by atoms with E-state index in [0.29, 0.717) is 204 Å². The molecule has 7 aromatic rings. The molecule has 7 amide bonds. The third-order valence-electron chi connectivity index (χ3n) is 24.3. The van der Waals surface area contributed by atoms with Crippen molar-refractivity contribution < 1.29 is 111 Å². The lowest BCUT2D eigenvalue weighted by atomic mass is 10.1. The Kier molecular flexibility index (Phi) is 37.5. The third-order valence-corrected chi connectivity index (χ3v) is 24.3. The fourth-order valence-corrected chi connectivity index (χ4v) is 16.8. The summed E-state index contributed by atoms with van der Waals surface area (Å²) in [5.74, 6) is 5.75. The van der Waals surface area contributed by atoms with Gasteiger partial charge in [0.15, 0.2) is 46.0 Å². The van der Waals surface area contributed by atoms with E-state index in [1.54, 1.807) is 140 Å². The van der Waals surface area contributed by atoms with Gasteiger partial charge in [-0.05, 0) is 167 Å². The van der Waals surface area contributed by atoms with Crippen LogP contribution in [-0.4, -0.2) is 319 Å². The fourth-order valence-electron chi connectivity index (χ4n) is 16.8. The molecule has 0 saturated carbocycles. The third kappa shape index (κ3) is 25.8. The second-order valence-corrected chi connectivity index (χ2v) is 32.9. The summed E-state index contributed by atoms with van der Waals surface area (Å²) in [6.07, 6.45) is 22.2. The molecule has 4 N–H and O–H groups in total. The molecule has 9 heterocycles. The van der Waals surface area contributed by atoms with Crippen molar-refractivity contribution in [2.45, 2.75) is 110 Å². The number of hydrogen-bond donors (Lipinski definition) is 4. The molecule has 0 aliphatic carbocycles. The number of carbonyl (C=O) groups is 7. The van der Waals surface area contributed by atoms with E-state index in [1.165, 1.54) is 20.3 Å². The van der Waals surface area contributed by atoms with Crippen molar-refractivity contribution in [3.8, 4) is 63.2 Å². The molecule has 0 aromatic heterocycles. The number of methoxy groups -OCH3 is 6. The van der Waals surface area contributed by atoms with Gasteiger partial charge in [0, 0.05) is 168 Å². The molecular weight excluding hydrogens is 1750 g/mol. The van der Waals surface area contributed by atoms with Gasteiger partial charge >= 0.3 is 0 Å². The number of carbonyl (C=O) groups excluding carboxylic acids is 7. The molecule has 34 heteroatoms. The normalized spacial score (nSPS) is 17.5. The summed E-state index contributed by atoms with van der Waals surface area (Å²) < 4.78 is 65.6. The van der Waals surface area contributed by atoms with Gasteiger partial charge in [0.25, 0.3) is 23.6 Å². The van der Waals surface area contributed by atoms with Crippen LogP contribution in [0.2, 0.25) is 0 Å². The number of fused-ring (bicyclic) bond motifs is 6. The van der Waals surface area contributed by atoms with Gasteiger partial charge in [0.2, 0.25) is 17.7 Å². The quantitative estimate of drug-likeness (QED) is 0.0250. The molecule has 3 atom stereocenters. The van der Waals surface area contributed by atoms with Crippen LogP contribution in [0.15, 0.2) is 136 Å². The fraction of sp³-hybridized carbons (Fsp3) is 0.431. The predicted octanol–water partition coefficient (Wildman–Crippen LogP) is 11.1. The molecular formula is C102H125N11O23. The zero-order valence-electron chi connectivity index (χ0n) is 79.1. The smallest absolute Gasteiger partial charge is 0.256 e. The lowest BCUT2D eigenvalue weighted by Crippen LogP contribution is -2.50. The number of likely N-dealkylation sites (N-methyl/N-ethyl adjacent to an activating group) is 1. The lowest BCUT2D eigenvalue weighted by Gasteiger charge is -2.34. The number of hydrogen-bond acceptors (Lipinski definition) is 27. The van der Waals surface area contributed by atoms with Gasteiger partial charge in [-0.15, -0.1) is 0 Å². The Bertz CT molecular complexity index is 5500. The molecule has 6 fully saturated rings. The number of benzene rings is 7. The highest BCUT2D eigenvalue weighted by atomic mass is 16.5. The van der Waals surface area contributed by atoms with Crippen molar-refractivity contribution in [3.05, 3.63) is 183 Å². The van der Waals surface area contributed by atoms with Crippen LogP contribution in [0, 0.1) is 0 Å². The maximum Gasteiger partial charge on any atom is 0.256 e. The second-order valence-electron chi connectivity index (χ2n) is 32.9. The maximum atomic E-state index is 13.0. The first-order valence-electron chi connectivity index (χ1n) is 46.1. The first-order valence-corrected chi connectivity index (χ1v) is 46.1. The zero-order valence-corrected chi connectivity index (χ0v) is 79.1. The molecule has 16 rings (SSSR count). The van der Waals surface area contributed by atoms with Crippen LogP contribution < -0.4 is 52.1 Å². The Morgan fingerprint density at radius 2 is 0.728 bits per heavy atom. The molecule has 6 saturated heterocycles. The van der Waals surface area contributed by atoms with Crippen LogP contribution in [0.4, 0.5) is 17.1 Å². The molecule has 0 bridgehead atoms. The van der Waals surface area contributed by atoms with E-state index in [2.05, 4.69) is 26.9 Å². The van der Waals surface area contributed by atoms with Crippen LogP contribution in [-0.2, 0) is 45.5 Å². The van der Waals surface area contributed by atoms with E-state index in [0.717, 1.165) is 101 Å². The van der Waals surface area contributed by atoms with Gasteiger partial charge < -0.3 is 116 Å². The number of amides is 7. The minimum atomic E-state index is -0.282. The number of aliphatic imine (C=N–C) groups is 3. The number of ether oxygens (including phenoxy) is 12. The van der Waals surface area contributed by atoms with Gasteiger partial charge in [0.1, 0.15) is 30.5 Å². The Morgan fingerprint density at radius 3 is 1.12 bits per heavy atom. The van der Waals surface area contributed by atoms with E-state index in [4.69, 9.17) is 56.8 Å². The molecule has 7 aromatic carbocycles. The topological polar surface area (TPSA) is 374 Å². The molecule has 0 spiro atoms. The molecule has 34 nitrogen and oxygen atoms in total. The summed E-state index contributed by atoms with van der Waals surface area (Å²) in [5, 5.41) is 38.5. The van der Waals surface area contributed by atoms with Crippen LogP contribution in [0.25, 0.3) is 18.2 Å². The summed E-state index contributed by atoms with van der Waals surface area (Å²) in [6.45, 7) is 16.7. The second kappa shape index (κ2) is 50.3. The summed E-state index contributed by atoms with van der Waals surface area (Å²) in [6, 6.07) is 30.3. The van der Waals surface area contributed by atoms with Gasteiger partial charge in [0.05, 0.1) is 154 Å². The Morgan fingerprint density at radius 1 is 0.375 bits per heavy atom. The molecule has 0 radical (unpaired) electrons. The van der Waals surface area contributed by atoms with Crippen molar-refractivity contribution in [1.29, 1.82) is 0 Å². The number of rotatable bonds is 29. The standard InChI is InChI=1S/C29H33N3O7.C25H30N2O7.C17H24N2O3.C16H20N2O3.C15H18N2O3/c1-36-27-15-20(5-7-28(34)31-9-11-37-12-10-31)4-6-25(27)38-13-14-39-26-17-24-23(16-21(26)19-33)29(35)32-8-2-3-22(32)18-30-24;1-31-20-7-5-17(13-21(20)32-2)6-8-23(29)26-9-11-27(12-10-26)25(30)18-14-19(16-28)24(34-4)22(15-18)33-3;1-4-22-15-7-5-14(13-16(15)21-3)6-8-17(20)19-11-9-18(2)10-12-19;1-2-6-21-15-8-14-13(7-11(15)10-19)16(20)18-5-3-4-12(18)9-17-14;1-2-20-14-7-13-12(6-10(14)9-18)15(19)17-5-3-4-11(17)8-16-13/h4-7,15-18,22,33H,2-3,8-14,19H2,1H3;5-8,13-15,28H,9-12,16H2,1-4H3;5-8,13H,4,9-12H2,1-3H3;7-9,12,19H,2-6,10H2,1H3;6-8,11,18H,2-5,9H2,1H3/b7-5+;2*8-6+;;/t22-;;;12-;11-/m0..00/s1. The van der Waals surface area contributed by atoms with Gasteiger partial charge in [-0.3, -0.25) is 48.5 Å². The average molecular weight is 1870 g/mol. The largest absolute Gasteiger partial charge is 0.493 e. The number of aliphatic hydroxyl groups is 4. The maximum absolute atomic E-state index is 13.0. The van der Waals surface area contributed by atoms with E-state index in [1.807, 2.05) is 95.4 Å². The Labute approximate surface area is 793 Å². The minimum Gasteiger partial charge on any atom is -0.493 e. The average Bonchev–Trinajstić information content (AvgIpc) is 1.63. The van der Waals surface area contributed by atoms with Crippen molar-refractivity contribution in [1.82, 2.24) is 39.2 Å². The molecule has 726 valence electrons. The van der Waals surface area contributed by atoms with Crippen LogP contribution in [0.3, 0.4) is 0 Å². The van der Waals surface area contributed by atoms with Crippen molar-refractivity contribution >= 4 is 95.3 Å². The van der Waals surface area contributed by atoms with Crippen LogP contribution in [0.1, 0.15) is 146 Å². The zero-order chi connectivity index (χ0) is 96.7. The lowest BCUT2D eigenvalue weighted by molar-refractivity contribution is -0.130. The summed E-state index contributed by atoms with van der Waals surface area (Å²) >= 11 is 0. The molecule has 9 aliphatic heterocycles. The monoisotopic (exact) mass is 1870 g/mol. The summed E-state index contributed by atoms with van der Waals surface area (Å²) in [5.41, 5.74) is 8.61. The minimum absolute atomic E-state index is 0.00161. The Hall–Kier alpha value is -13.4. The van der Waals surface area contributed by atoms with Crippen LogP contribution >= 0.6 is 0 Å². The van der Waals surface area contributed by atoms with Crippen molar-refractivity contribution in [2.75, 3.05) is 181 Å². The van der Waals surface area contributed by atoms with E-state index in [9.17, 15) is 54.0 Å². The highest BCUT2D eigenvalue weighted by Gasteiger charge is 2.37. The van der Waals surface area contributed by atoms with E-state index < -0.39 is 0 Å². The van der Waals surface area contributed by atoms with Crippen LogP contribution in [0.5, 0.6) is 63.2 Å². The van der Waals surface area contributed by atoms with Gasteiger partial charge in [-0.25, -0.2) is 0 Å². The molecule has 9 aliphatic rings. The molecule has 0 unspecified atom stereocenters. The van der Waals surface area contributed by atoms with E-state index >= 15 is 0 Å². The summed E-state index contributed by atoms with van der Waals surface area (Å²) in [4.78, 5) is 117.